The van der Waals surface area contributed by atoms with Crippen molar-refractivity contribution in [1.82, 2.24) is 29.5 Å². The van der Waals surface area contributed by atoms with Gasteiger partial charge >= 0.3 is 0 Å². The predicted molar refractivity (Wildman–Crippen MR) is 133 cm³/mol. The molecule has 0 aliphatic rings. The van der Waals surface area contributed by atoms with Crippen LogP contribution in [0.3, 0.4) is 0 Å². The topological polar surface area (TPSA) is 151 Å². The van der Waals surface area contributed by atoms with E-state index >= 15 is 0 Å². The molecular weight excluding hydrogens is 508 g/mol. The third-order valence-corrected chi connectivity index (χ3v) is 6.37. The lowest BCUT2D eigenvalue weighted by molar-refractivity contribution is -0.384. The van der Waals surface area contributed by atoms with Gasteiger partial charge in [0.25, 0.3) is 5.69 Å². The first kappa shape index (κ1) is 25.1. The standard InChI is InChI=1S/C22H21ClN8O4S/c1-2-3-4-19-24-17(12-32)21(23)30(19)10-15-9-29(28-27-15)11-20(33)26-22-25-18(13-36-22)14-5-7-16(8-6-14)31(34)35/h5-9,12-13H,2-4,10-11H2,1H3,(H,25,26,33). The van der Waals surface area contributed by atoms with E-state index in [1.165, 1.54) is 28.2 Å². The number of nitro benzene ring substituents is 1. The quantitative estimate of drug-likeness (QED) is 0.174. The Morgan fingerprint density at radius 2 is 2.06 bits per heavy atom. The number of nitrogens with zero attached hydrogens (tertiary/aromatic N) is 7. The van der Waals surface area contributed by atoms with E-state index in [-0.39, 0.29) is 35.5 Å². The summed E-state index contributed by atoms with van der Waals surface area (Å²) in [5.41, 5.74) is 2.04. The molecule has 186 valence electrons. The highest BCUT2D eigenvalue weighted by atomic mass is 35.5. The molecule has 1 N–H and O–H groups in total. The lowest BCUT2D eigenvalue weighted by Crippen LogP contribution is -2.19. The Morgan fingerprint density at radius 1 is 1.28 bits per heavy atom. The molecule has 0 radical (unpaired) electrons. The molecule has 14 heteroatoms. The number of imidazole rings is 1. The molecular formula is C22H21ClN8O4S. The van der Waals surface area contributed by atoms with Gasteiger partial charge in [0.05, 0.1) is 23.4 Å². The van der Waals surface area contributed by atoms with Crippen LogP contribution in [0.25, 0.3) is 11.3 Å². The van der Waals surface area contributed by atoms with E-state index in [2.05, 4.69) is 32.5 Å². The number of anilines is 1. The van der Waals surface area contributed by atoms with Crippen LogP contribution < -0.4 is 5.32 Å². The number of hydrogen-bond acceptors (Lipinski definition) is 9. The summed E-state index contributed by atoms with van der Waals surface area (Å²) in [6.07, 6.45) is 4.81. The van der Waals surface area contributed by atoms with Gasteiger partial charge in [0.15, 0.2) is 11.4 Å². The first-order chi connectivity index (χ1) is 17.4. The van der Waals surface area contributed by atoms with Gasteiger partial charge in [-0.15, -0.1) is 16.4 Å². The molecule has 0 fully saturated rings. The normalized spacial score (nSPS) is 10.9. The summed E-state index contributed by atoms with van der Waals surface area (Å²) in [5.74, 6) is 0.354. The SMILES string of the molecule is CCCCc1nc(C=O)c(Cl)n1Cc1cn(CC(=O)Nc2nc(-c3ccc([N+](=O)[O-])cc3)cs2)nn1. The maximum absolute atomic E-state index is 12.5. The molecule has 3 aromatic heterocycles. The number of aldehydes is 1. The van der Waals surface area contributed by atoms with Gasteiger partial charge in [-0.2, -0.15) is 0 Å². The zero-order chi connectivity index (χ0) is 25.7. The Balaban J connectivity index is 1.38. The number of hydrogen-bond donors (Lipinski definition) is 1. The number of rotatable bonds is 11. The zero-order valence-corrected chi connectivity index (χ0v) is 20.7. The Kier molecular flexibility index (Phi) is 7.80. The summed E-state index contributed by atoms with van der Waals surface area (Å²) in [6, 6.07) is 6.01. The Morgan fingerprint density at radius 3 is 2.75 bits per heavy atom. The van der Waals surface area contributed by atoms with Crippen LogP contribution in [-0.2, 0) is 24.3 Å². The third-order valence-electron chi connectivity index (χ3n) is 5.21. The largest absolute Gasteiger partial charge is 0.312 e. The molecule has 1 amide bonds. The lowest BCUT2D eigenvalue weighted by Gasteiger charge is -2.06. The second kappa shape index (κ2) is 11.2. The molecule has 0 bridgehead atoms. The monoisotopic (exact) mass is 528 g/mol. The number of unbranched alkanes of at least 4 members (excludes halogenated alkanes) is 1. The van der Waals surface area contributed by atoms with Crippen molar-refractivity contribution < 1.29 is 14.5 Å². The Hall–Kier alpha value is -3.97. The fourth-order valence-electron chi connectivity index (χ4n) is 3.43. The maximum Gasteiger partial charge on any atom is 0.269 e. The third kappa shape index (κ3) is 5.80. The highest BCUT2D eigenvalue weighted by molar-refractivity contribution is 7.14. The van der Waals surface area contributed by atoms with Gasteiger partial charge in [0.1, 0.15) is 28.9 Å². The average Bonchev–Trinajstić information content (AvgIpc) is 3.58. The molecule has 12 nitrogen and oxygen atoms in total. The van der Waals surface area contributed by atoms with Crippen molar-refractivity contribution in [3.05, 3.63) is 68.3 Å². The fourth-order valence-corrected chi connectivity index (χ4v) is 4.41. The molecule has 1 aromatic carbocycles. The molecule has 3 heterocycles. The van der Waals surface area contributed by atoms with Gasteiger partial charge < -0.3 is 9.88 Å². The van der Waals surface area contributed by atoms with Crippen molar-refractivity contribution in [3.63, 3.8) is 0 Å². The second-order valence-corrected chi connectivity index (χ2v) is 9.03. The van der Waals surface area contributed by atoms with Crippen molar-refractivity contribution in [3.8, 4) is 11.3 Å². The van der Waals surface area contributed by atoms with Crippen molar-refractivity contribution in [2.24, 2.45) is 0 Å². The van der Waals surface area contributed by atoms with Gasteiger partial charge in [-0.05, 0) is 18.6 Å². The second-order valence-electron chi connectivity index (χ2n) is 7.81. The van der Waals surface area contributed by atoms with Crippen LogP contribution in [0.2, 0.25) is 5.15 Å². The zero-order valence-electron chi connectivity index (χ0n) is 19.1. The van der Waals surface area contributed by atoms with Crippen molar-refractivity contribution in [1.29, 1.82) is 0 Å². The fraction of sp³-hybridized carbons (Fsp3) is 0.273. The van der Waals surface area contributed by atoms with Crippen LogP contribution >= 0.6 is 22.9 Å². The first-order valence-electron chi connectivity index (χ1n) is 11.0. The number of aryl methyl sites for hydroxylation is 1. The van der Waals surface area contributed by atoms with Gasteiger partial charge in [0.2, 0.25) is 5.91 Å². The summed E-state index contributed by atoms with van der Waals surface area (Å²) in [4.78, 5) is 42.8. The van der Waals surface area contributed by atoms with E-state index in [1.54, 1.807) is 28.3 Å². The molecule has 4 rings (SSSR count). The molecule has 0 atom stereocenters. The van der Waals surface area contributed by atoms with Crippen LogP contribution in [0, 0.1) is 10.1 Å². The molecule has 0 aliphatic heterocycles. The molecule has 0 unspecified atom stereocenters. The average molecular weight is 529 g/mol. The summed E-state index contributed by atoms with van der Waals surface area (Å²) < 4.78 is 3.12. The number of carbonyl (C=O) groups is 2. The summed E-state index contributed by atoms with van der Waals surface area (Å²) >= 11 is 7.56. The van der Waals surface area contributed by atoms with Crippen LogP contribution in [0.4, 0.5) is 10.8 Å². The molecule has 36 heavy (non-hydrogen) atoms. The minimum atomic E-state index is -0.468. The Labute approximate surface area is 214 Å². The minimum absolute atomic E-state index is 0.00798. The number of aromatic nitrogens is 6. The van der Waals surface area contributed by atoms with Gasteiger partial charge in [0, 0.05) is 29.5 Å². The van der Waals surface area contributed by atoms with Crippen LogP contribution in [0.5, 0.6) is 0 Å². The summed E-state index contributed by atoms with van der Waals surface area (Å²) in [7, 11) is 0. The number of amides is 1. The molecule has 0 aliphatic carbocycles. The minimum Gasteiger partial charge on any atom is -0.312 e. The van der Waals surface area contributed by atoms with E-state index in [0.29, 0.717) is 40.6 Å². The van der Waals surface area contributed by atoms with E-state index in [0.717, 1.165) is 12.8 Å². The van der Waals surface area contributed by atoms with Gasteiger partial charge in [-0.3, -0.25) is 19.7 Å². The van der Waals surface area contributed by atoms with E-state index < -0.39 is 4.92 Å². The van der Waals surface area contributed by atoms with E-state index in [9.17, 15) is 19.7 Å². The number of nitrogens with one attached hydrogen (secondary N) is 1. The number of thiazole rings is 1. The molecule has 0 saturated heterocycles. The highest BCUT2D eigenvalue weighted by Crippen LogP contribution is 2.26. The van der Waals surface area contributed by atoms with Crippen LogP contribution in [-0.4, -0.2) is 46.6 Å². The smallest absolute Gasteiger partial charge is 0.269 e. The van der Waals surface area contributed by atoms with Crippen LogP contribution in [0.15, 0.2) is 35.8 Å². The highest BCUT2D eigenvalue weighted by Gasteiger charge is 2.17. The summed E-state index contributed by atoms with van der Waals surface area (Å²) in [6.45, 7) is 2.25. The number of carbonyl (C=O) groups excluding carboxylic acids is 2. The maximum atomic E-state index is 12.5. The Bertz CT molecular complexity index is 1400. The van der Waals surface area contributed by atoms with Crippen LogP contribution in [0.1, 0.15) is 41.8 Å². The summed E-state index contributed by atoms with van der Waals surface area (Å²) in [5, 5.41) is 24.0. The van der Waals surface area contributed by atoms with Crippen molar-refractivity contribution in [2.45, 2.75) is 39.3 Å². The molecule has 4 aromatic rings. The number of nitro groups is 1. The predicted octanol–water partition coefficient (Wildman–Crippen LogP) is 4.00. The van der Waals surface area contributed by atoms with Crippen molar-refractivity contribution in [2.75, 3.05) is 5.32 Å². The molecule has 0 saturated carbocycles. The first-order valence-corrected chi connectivity index (χ1v) is 12.2. The van der Waals surface area contributed by atoms with Gasteiger partial charge in [-0.25, -0.2) is 14.6 Å². The number of benzene rings is 1. The van der Waals surface area contributed by atoms with E-state index in [4.69, 9.17) is 11.6 Å². The number of non-ortho nitro benzene ring substituents is 1. The molecule has 0 spiro atoms. The number of halogens is 1. The van der Waals surface area contributed by atoms with Crippen molar-refractivity contribution >= 4 is 46.0 Å². The lowest BCUT2D eigenvalue weighted by atomic mass is 10.1. The van der Waals surface area contributed by atoms with Gasteiger partial charge in [-0.1, -0.05) is 30.2 Å². The van der Waals surface area contributed by atoms with E-state index in [1.807, 2.05) is 0 Å².